The molecule has 0 spiro atoms. The molecule has 108 valence electrons. The van der Waals surface area contributed by atoms with E-state index in [1.54, 1.807) is 0 Å². The van der Waals surface area contributed by atoms with Gasteiger partial charge in [0.25, 0.3) is 0 Å². The van der Waals surface area contributed by atoms with Crippen molar-refractivity contribution in [3.63, 3.8) is 0 Å². The predicted molar refractivity (Wildman–Crippen MR) is 85.3 cm³/mol. The van der Waals surface area contributed by atoms with Crippen LogP contribution in [0.25, 0.3) is 0 Å². The minimum absolute atomic E-state index is 0.275. The number of para-hydroxylation sites is 1. The highest BCUT2D eigenvalue weighted by Crippen LogP contribution is 2.25. The molecular weight excluding hydrogens is 268 g/mol. The monoisotopic (exact) mass is 290 g/mol. The Hall–Kier alpha value is -1.16. The zero-order valence-corrected chi connectivity index (χ0v) is 12.6. The molecule has 0 radical (unpaired) electrons. The largest absolute Gasteiger partial charge is 0.368 e. The van der Waals surface area contributed by atoms with Crippen molar-refractivity contribution >= 4 is 23.4 Å². The number of hydrogen-bond acceptors (Lipinski definition) is 3. The molecule has 2 aliphatic rings. The van der Waals surface area contributed by atoms with Crippen LogP contribution >= 0.6 is 11.8 Å². The van der Waals surface area contributed by atoms with Crippen LogP contribution in [0, 0.1) is 5.92 Å². The Morgan fingerprint density at radius 3 is 2.50 bits per heavy atom. The fourth-order valence-corrected chi connectivity index (χ4v) is 4.15. The highest BCUT2D eigenvalue weighted by molar-refractivity contribution is 7.99. The van der Waals surface area contributed by atoms with Crippen LogP contribution in [0.3, 0.4) is 0 Å². The van der Waals surface area contributed by atoms with Gasteiger partial charge in [-0.25, -0.2) is 0 Å². The molecule has 2 saturated heterocycles. The first kappa shape index (κ1) is 13.8. The number of hydrogen-bond donors (Lipinski definition) is 0. The lowest BCUT2D eigenvalue weighted by Crippen LogP contribution is -2.51. The molecule has 3 nitrogen and oxygen atoms in total. The number of piperazine rings is 1. The van der Waals surface area contributed by atoms with Crippen LogP contribution in [0.4, 0.5) is 5.69 Å². The zero-order valence-electron chi connectivity index (χ0n) is 11.8. The fraction of sp³-hybridized carbons (Fsp3) is 0.562. The highest BCUT2D eigenvalue weighted by atomic mass is 32.2. The van der Waals surface area contributed by atoms with Crippen LogP contribution in [0.5, 0.6) is 0 Å². The lowest BCUT2D eigenvalue weighted by molar-refractivity contribution is -0.135. The molecule has 1 aromatic rings. The first-order valence-electron chi connectivity index (χ1n) is 7.51. The van der Waals surface area contributed by atoms with Crippen molar-refractivity contribution in [2.75, 3.05) is 42.6 Å². The van der Waals surface area contributed by atoms with E-state index < -0.39 is 0 Å². The number of carbonyl (C=O) groups is 1. The van der Waals surface area contributed by atoms with Gasteiger partial charge in [-0.3, -0.25) is 4.79 Å². The van der Waals surface area contributed by atoms with Crippen LogP contribution < -0.4 is 4.90 Å². The molecule has 0 saturated carbocycles. The van der Waals surface area contributed by atoms with Crippen molar-refractivity contribution < 1.29 is 4.79 Å². The number of rotatable bonds is 2. The number of carbonyl (C=O) groups excluding carboxylic acids is 1. The summed E-state index contributed by atoms with van der Waals surface area (Å²) in [7, 11) is 0. The van der Waals surface area contributed by atoms with Crippen molar-refractivity contribution in [3.05, 3.63) is 30.3 Å². The number of amides is 1. The average molecular weight is 290 g/mol. The van der Waals surface area contributed by atoms with E-state index in [9.17, 15) is 4.79 Å². The molecule has 0 N–H and O–H groups in total. The summed E-state index contributed by atoms with van der Waals surface area (Å²) in [5.41, 5.74) is 1.27. The molecule has 1 unspecified atom stereocenters. The molecule has 3 rings (SSSR count). The van der Waals surface area contributed by atoms with E-state index in [-0.39, 0.29) is 5.92 Å². The molecule has 2 aliphatic heterocycles. The minimum atomic E-state index is 0.275. The van der Waals surface area contributed by atoms with Gasteiger partial charge in [0.15, 0.2) is 0 Å². The third kappa shape index (κ3) is 3.11. The van der Waals surface area contributed by atoms with Gasteiger partial charge in [-0.05, 0) is 30.7 Å². The van der Waals surface area contributed by atoms with E-state index in [2.05, 4.69) is 34.1 Å². The van der Waals surface area contributed by atoms with Crippen LogP contribution in [-0.2, 0) is 4.79 Å². The summed E-state index contributed by atoms with van der Waals surface area (Å²) in [6.45, 7) is 3.65. The molecule has 1 amide bonds. The Labute approximate surface area is 125 Å². The van der Waals surface area contributed by atoms with E-state index in [1.165, 1.54) is 17.9 Å². The standard InChI is InChI=1S/C16H22N2OS/c19-16(14-5-4-12-20-13-14)18-10-8-17(9-11-18)15-6-2-1-3-7-15/h1-3,6-7,14H,4-5,8-13H2. The Bertz CT molecular complexity index is 437. The second kappa shape index (κ2) is 6.53. The molecule has 1 aromatic carbocycles. The molecule has 4 heteroatoms. The minimum Gasteiger partial charge on any atom is -0.368 e. The SMILES string of the molecule is O=C(C1CCCSC1)N1CCN(c2ccccc2)CC1. The van der Waals surface area contributed by atoms with Gasteiger partial charge in [0.05, 0.1) is 0 Å². The molecule has 2 heterocycles. The smallest absolute Gasteiger partial charge is 0.226 e. The van der Waals surface area contributed by atoms with E-state index >= 15 is 0 Å². The zero-order chi connectivity index (χ0) is 13.8. The Morgan fingerprint density at radius 1 is 1.10 bits per heavy atom. The maximum atomic E-state index is 12.5. The van der Waals surface area contributed by atoms with E-state index in [0.717, 1.165) is 38.4 Å². The van der Waals surface area contributed by atoms with Gasteiger partial charge in [0.2, 0.25) is 5.91 Å². The van der Waals surface area contributed by atoms with Crippen LogP contribution in [-0.4, -0.2) is 48.5 Å². The van der Waals surface area contributed by atoms with Gasteiger partial charge in [-0.1, -0.05) is 18.2 Å². The molecular formula is C16H22N2OS. The van der Waals surface area contributed by atoms with Gasteiger partial charge in [0.1, 0.15) is 0 Å². The summed E-state index contributed by atoms with van der Waals surface area (Å²) in [4.78, 5) is 16.9. The van der Waals surface area contributed by atoms with Gasteiger partial charge < -0.3 is 9.80 Å². The molecule has 20 heavy (non-hydrogen) atoms. The second-order valence-corrected chi connectivity index (χ2v) is 6.71. The molecule has 0 bridgehead atoms. The topological polar surface area (TPSA) is 23.6 Å². The Morgan fingerprint density at radius 2 is 1.85 bits per heavy atom. The third-order valence-corrected chi connectivity index (χ3v) is 5.44. The summed E-state index contributed by atoms with van der Waals surface area (Å²) >= 11 is 1.93. The van der Waals surface area contributed by atoms with Crippen LogP contribution in [0.2, 0.25) is 0 Å². The predicted octanol–water partition coefficient (Wildman–Crippen LogP) is 2.48. The maximum absolute atomic E-state index is 12.5. The highest BCUT2D eigenvalue weighted by Gasteiger charge is 2.28. The van der Waals surface area contributed by atoms with Crippen LogP contribution in [0.15, 0.2) is 30.3 Å². The average Bonchev–Trinajstić information content (AvgIpc) is 2.56. The van der Waals surface area contributed by atoms with E-state index in [0.29, 0.717) is 5.91 Å². The van der Waals surface area contributed by atoms with Crippen molar-refractivity contribution in [3.8, 4) is 0 Å². The normalized spacial score (nSPS) is 23.7. The summed E-state index contributed by atoms with van der Waals surface area (Å²) in [5, 5.41) is 0. The van der Waals surface area contributed by atoms with E-state index in [1.807, 2.05) is 17.8 Å². The quantitative estimate of drug-likeness (QED) is 0.836. The molecule has 1 atom stereocenters. The lowest BCUT2D eigenvalue weighted by Gasteiger charge is -2.38. The van der Waals surface area contributed by atoms with Gasteiger partial charge in [0, 0.05) is 43.5 Å². The summed E-state index contributed by atoms with van der Waals surface area (Å²) < 4.78 is 0. The number of benzene rings is 1. The lowest BCUT2D eigenvalue weighted by atomic mass is 10.0. The first-order chi connectivity index (χ1) is 9.84. The summed E-state index contributed by atoms with van der Waals surface area (Å²) in [5.74, 6) is 2.92. The number of nitrogens with zero attached hydrogens (tertiary/aromatic N) is 2. The molecule has 0 aliphatic carbocycles. The summed E-state index contributed by atoms with van der Waals surface area (Å²) in [6.07, 6.45) is 2.29. The van der Waals surface area contributed by atoms with Crippen molar-refractivity contribution in [2.45, 2.75) is 12.8 Å². The number of anilines is 1. The first-order valence-corrected chi connectivity index (χ1v) is 8.66. The van der Waals surface area contributed by atoms with Gasteiger partial charge >= 0.3 is 0 Å². The Balaban J connectivity index is 1.54. The van der Waals surface area contributed by atoms with Gasteiger partial charge in [-0.2, -0.15) is 11.8 Å². The third-order valence-electron chi connectivity index (χ3n) is 4.22. The maximum Gasteiger partial charge on any atom is 0.226 e. The van der Waals surface area contributed by atoms with Crippen LogP contribution in [0.1, 0.15) is 12.8 Å². The number of thioether (sulfide) groups is 1. The van der Waals surface area contributed by atoms with Gasteiger partial charge in [-0.15, -0.1) is 0 Å². The van der Waals surface area contributed by atoms with Crippen molar-refractivity contribution in [2.24, 2.45) is 5.92 Å². The molecule has 2 fully saturated rings. The van der Waals surface area contributed by atoms with Crippen molar-refractivity contribution in [1.82, 2.24) is 4.90 Å². The fourth-order valence-electron chi connectivity index (χ4n) is 3.02. The summed E-state index contributed by atoms with van der Waals surface area (Å²) in [6, 6.07) is 10.5. The Kier molecular flexibility index (Phi) is 4.51. The second-order valence-electron chi connectivity index (χ2n) is 5.56. The van der Waals surface area contributed by atoms with Crippen molar-refractivity contribution in [1.29, 1.82) is 0 Å². The van der Waals surface area contributed by atoms with E-state index in [4.69, 9.17) is 0 Å². The molecule has 0 aromatic heterocycles.